The van der Waals surface area contributed by atoms with E-state index in [1.54, 1.807) is 67.6 Å². The molecule has 0 fully saturated rings. The van der Waals surface area contributed by atoms with Gasteiger partial charge >= 0.3 is 19.7 Å². The first kappa shape index (κ1) is 40.5. The summed E-state index contributed by atoms with van der Waals surface area (Å²) >= 11 is 0. The number of carbonyl (C=O) groups is 5. The van der Waals surface area contributed by atoms with Crippen molar-refractivity contribution in [2.45, 2.75) is 77.1 Å². The number of primary amides is 1. The molecule has 2 aromatic rings. The van der Waals surface area contributed by atoms with Gasteiger partial charge in [0.05, 0.1) is 12.4 Å². The van der Waals surface area contributed by atoms with Crippen molar-refractivity contribution in [1.82, 2.24) is 15.5 Å². The molecule has 0 saturated carbocycles. The number of carboxylic acids is 1. The Kier molecular flexibility index (Phi) is 16.0. The number of hydrogen-bond donors (Lipinski definition) is 5. The highest BCUT2D eigenvalue weighted by Crippen LogP contribution is 2.43. The average molecular weight is 703 g/mol. The van der Waals surface area contributed by atoms with E-state index in [0.29, 0.717) is 11.1 Å². The maximum atomic E-state index is 14.5. The molecule has 0 aromatic heterocycles. The summed E-state index contributed by atoms with van der Waals surface area (Å²) in [5.41, 5.74) is 4.79. The normalized spacial score (nSPS) is 14.6. The average Bonchev–Trinajstić information content (AvgIpc) is 3.05. The highest BCUT2D eigenvalue weighted by atomic mass is 31.2. The van der Waals surface area contributed by atoms with Gasteiger partial charge in [0.1, 0.15) is 24.2 Å². The Labute approximate surface area is 286 Å². The van der Waals surface area contributed by atoms with E-state index < -0.39 is 67.7 Å². The van der Waals surface area contributed by atoms with Crippen molar-refractivity contribution in [3.63, 3.8) is 0 Å². The van der Waals surface area contributed by atoms with Crippen molar-refractivity contribution >= 4 is 37.4 Å². The van der Waals surface area contributed by atoms with Crippen LogP contribution in [0.3, 0.4) is 0 Å². The zero-order valence-electron chi connectivity index (χ0n) is 28.1. The van der Waals surface area contributed by atoms with E-state index in [2.05, 4.69) is 17.2 Å². The Bertz CT molecular complexity index is 1470. The van der Waals surface area contributed by atoms with Crippen LogP contribution in [0.25, 0.3) is 0 Å². The third-order valence-electron chi connectivity index (χ3n) is 7.74. The zero-order valence-corrected chi connectivity index (χ0v) is 29.0. The first-order valence-electron chi connectivity index (χ1n) is 15.9. The molecule has 0 aliphatic heterocycles. The molecule has 6 N–H and O–H groups in total. The van der Waals surface area contributed by atoms with Crippen LogP contribution in [0.15, 0.2) is 73.5 Å². The first-order chi connectivity index (χ1) is 23.1. The SMILES string of the molecule is C=COP(=O)(O)CCN(C(=O)OCc1ccccc1)[C@@](CC)(CC(C)C)C(=O)N[C@@H](Cc1ccccc1)C(=O)N[C@@H](CCC(N)=O)C(=O)O. The van der Waals surface area contributed by atoms with Crippen LogP contribution in [0.1, 0.15) is 57.6 Å². The molecule has 0 spiro atoms. The summed E-state index contributed by atoms with van der Waals surface area (Å²) in [5.74, 6) is -3.96. The van der Waals surface area contributed by atoms with Crippen molar-refractivity contribution in [3.05, 3.63) is 84.6 Å². The summed E-state index contributed by atoms with van der Waals surface area (Å²) in [5, 5.41) is 14.8. The Morgan fingerprint density at radius 2 is 1.59 bits per heavy atom. The third-order valence-corrected chi connectivity index (χ3v) is 8.98. The highest BCUT2D eigenvalue weighted by molar-refractivity contribution is 7.52. The summed E-state index contributed by atoms with van der Waals surface area (Å²) in [6.45, 7) is 8.04. The van der Waals surface area contributed by atoms with E-state index in [0.717, 1.165) is 11.2 Å². The number of carboxylic acid groups (broad SMARTS) is 1. The lowest BCUT2D eigenvalue weighted by Crippen LogP contribution is -2.64. The number of carbonyl (C=O) groups excluding carboxylic acids is 4. The Hall–Kier alpha value is -4.68. The molecule has 1 unspecified atom stereocenters. The lowest BCUT2D eigenvalue weighted by atomic mass is 9.83. The monoisotopic (exact) mass is 702 g/mol. The maximum Gasteiger partial charge on any atom is 0.411 e. The second kappa shape index (κ2) is 19.4. The van der Waals surface area contributed by atoms with Crippen LogP contribution in [0.2, 0.25) is 0 Å². The molecule has 0 radical (unpaired) electrons. The topological polar surface area (TPSA) is 215 Å². The molecule has 4 amide bonds. The van der Waals surface area contributed by atoms with Gasteiger partial charge in [0.25, 0.3) is 0 Å². The van der Waals surface area contributed by atoms with Crippen molar-refractivity contribution in [3.8, 4) is 0 Å². The summed E-state index contributed by atoms with van der Waals surface area (Å²) < 4.78 is 23.1. The molecule has 49 heavy (non-hydrogen) atoms. The molecular formula is C34H47N4O10P. The van der Waals surface area contributed by atoms with E-state index in [1.807, 2.05) is 13.8 Å². The van der Waals surface area contributed by atoms with Gasteiger partial charge < -0.3 is 35.6 Å². The van der Waals surface area contributed by atoms with Gasteiger partial charge in [0, 0.05) is 19.4 Å². The lowest BCUT2D eigenvalue weighted by Gasteiger charge is -2.43. The molecule has 4 atom stereocenters. The molecule has 0 bridgehead atoms. The number of hydrogen-bond acceptors (Lipinski definition) is 8. The fourth-order valence-electron chi connectivity index (χ4n) is 5.34. The van der Waals surface area contributed by atoms with Gasteiger partial charge in [-0.3, -0.25) is 19.3 Å². The maximum absolute atomic E-state index is 14.5. The summed E-state index contributed by atoms with van der Waals surface area (Å²) in [6.07, 6.45) is -1.27. The van der Waals surface area contributed by atoms with Gasteiger partial charge in [-0.25, -0.2) is 14.2 Å². The molecule has 0 aliphatic rings. The minimum Gasteiger partial charge on any atom is -0.480 e. The Morgan fingerprint density at radius 3 is 2.10 bits per heavy atom. The number of rotatable bonds is 21. The van der Waals surface area contributed by atoms with E-state index in [9.17, 15) is 38.5 Å². The molecule has 0 aliphatic carbocycles. The van der Waals surface area contributed by atoms with Crippen LogP contribution in [0, 0.1) is 5.92 Å². The Balaban J connectivity index is 2.57. The number of benzene rings is 2. The number of ether oxygens (including phenoxy) is 1. The molecule has 15 heteroatoms. The van der Waals surface area contributed by atoms with Gasteiger partial charge in [-0.2, -0.15) is 0 Å². The minimum absolute atomic E-state index is 0.00549. The standard InChI is InChI=1S/C34H47N4O10P/c1-5-34(22-24(3)4,38(19-20-49(45,46)48-6-2)33(44)47-23-26-15-11-8-12-16-26)32(43)37-28(21-25-13-9-7-10-14-25)30(40)36-27(31(41)42)17-18-29(35)39/h6-16,24,27-28H,2,5,17-23H2,1,3-4H3,(H2,35,39)(H,36,40)(H,37,43)(H,41,42)(H,45,46)/t27-,28-,34-/m0/s1. The number of nitrogens with one attached hydrogen (secondary N) is 2. The van der Waals surface area contributed by atoms with E-state index >= 15 is 0 Å². The largest absolute Gasteiger partial charge is 0.480 e. The van der Waals surface area contributed by atoms with Crippen LogP contribution in [-0.2, 0) is 46.0 Å². The van der Waals surface area contributed by atoms with E-state index in [-0.39, 0.29) is 44.6 Å². The minimum atomic E-state index is -4.29. The molecule has 0 saturated heterocycles. The van der Waals surface area contributed by atoms with Gasteiger partial charge in [0.15, 0.2) is 0 Å². The zero-order chi connectivity index (χ0) is 36.6. The predicted octanol–water partition coefficient (Wildman–Crippen LogP) is 3.73. The Morgan fingerprint density at radius 1 is 1.00 bits per heavy atom. The number of nitrogens with two attached hydrogens (primary N) is 1. The first-order valence-corrected chi connectivity index (χ1v) is 17.7. The predicted molar refractivity (Wildman–Crippen MR) is 182 cm³/mol. The summed E-state index contributed by atoms with van der Waals surface area (Å²) in [7, 11) is -4.29. The second-order valence-corrected chi connectivity index (χ2v) is 13.9. The second-order valence-electron chi connectivity index (χ2n) is 11.9. The fourth-order valence-corrected chi connectivity index (χ4v) is 6.13. The lowest BCUT2D eigenvalue weighted by molar-refractivity contribution is -0.143. The highest BCUT2D eigenvalue weighted by Gasteiger charge is 2.48. The molecule has 2 rings (SSSR count). The van der Waals surface area contributed by atoms with Gasteiger partial charge in [-0.15, -0.1) is 0 Å². The molecule has 0 heterocycles. The fraction of sp³-hybridized carbons (Fsp3) is 0.441. The van der Waals surface area contributed by atoms with Crippen molar-refractivity contribution < 1.29 is 47.8 Å². The molecular weight excluding hydrogens is 655 g/mol. The van der Waals surface area contributed by atoms with Crippen LogP contribution < -0.4 is 16.4 Å². The summed E-state index contributed by atoms with van der Waals surface area (Å²) in [4.78, 5) is 76.8. The summed E-state index contributed by atoms with van der Waals surface area (Å²) in [6, 6.07) is 14.7. The number of amides is 4. The van der Waals surface area contributed by atoms with Crippen LogP contribution in [0.4, 0.5) is 4.79 Å². The number of nitrogens with zero attached hydrogens (tertiary/aromatic N) is 1. The number of aliphatic carboxylic acids is 1. The molecule has 268 valence electrons. The van der Waals surface area contributed by atoms with Crippen LogP contribution in [-0.4, -0.2) is 75.0 Å². The molecule has 2 aromatic carbocycles. The van der Waals surface area contributed by atoms with Crippen molar-refractivity contribution in [1.29, 1.82) is 0 Å². The van der Waals surface area contributed by atoms with Crippen LogP contribution in [0.5, 0.6) is 0 Å². The van der Waals surface area contributed by atoms with Crippen LogP contribution >= 0.6 is 7.60 Å². The van der Waals surface area contributed by atoms with Crippen molar-refractivity contribution in [2.75, 3.05) is 12.7 Å². The van der Waals surface area contributed by atoms with Gasteiger partial charge in [0.2, 0.25) is 17.7 Å². The smallest absolute Gasteiger partial charge is 0.411 e. The van der Waals surface area contributed by atoms with E-state index in [4.69, 9.17) is 15.0 Å². The quantitative estimate of drug-likeness (QED) is 0.0939. The van der Waals surface area contributed by atoms with Gasteiger partial charge in [-0.1, -0.05) is 88.0 Å². The molecule has 14 nitrogen and oxygen atoms in total. The third kappa shape index (κ3) is 13.0. The van der Waals surface area contributed by atoms with Gasteiger partial charge in [-0.05, 0) is 36.3 Å². The van der Waals surface area contributed by atoms with Crippen molar-refractivity contribution in [2.24, 2.45) is 11.7 Å². The van der Waals surface area contributed by atoms with E-state index in [1.165, 1.54) is 0 Å².